The average molecular weight is 421 g/mol. The standard InChI is InChI=1S/C21H25ClN2O3S/c1-3-27-20(25)18-17(14-9-11-15(22)12-10-14)13(2)28-19(18)24-21(26)23-16-7-5-4-6-8-16/h9-12,16H,3-8H2,1-2H3,(H2,23,24,26). The molecule has 1 fully saturated rings. The van der Waals surface area contributed by atoms with Gasteiger partial charge in [0, 0.05) is 21.5 Å². The monoisotopic (exact) mass is 420 g/mol. The van der Waals surface area contributed by atoms with Crippen LogP contribution in [0.3, 0.4) is 0 Å². The molecular formula is C21H25ClN2O3S. The maximum Gasteiger partial charge on any atom is 0.341 e. The van der Waals surface area contributed by atoms with Crippen molar-refractivity contribution in [2.24, 2.45) is 0 Å². The van der Waals surface area contributed by atoms with Crippen LogP contribution in [0.5, 0.6) is 0 Å². The van der Waals surface area contributed by atoms with Crippen LogP contribution >= 0.6 is 22.9 Å². The number of esters is 1. The van der Waals surface area contributed by atoms with E-state index in [1.807, 2.05) is 19.1 Å². The third kappa shape index (κ3) is 4.86. The quantitative estimate of drug-likeness (QED) is 0.582. The number of rotatable bonds is 5. The SMILES string of the molecule is CCOC(=O)c1c(NC(=O)NC2CCCCC2)sc(C)c1-c1ccc(Cl)cc1. The molecule has 1 heterocycles. The number of urea groups is 1. The third-order valence-corrected chi connectivity index (χ3v) is 6.14. The number of ether oxygens (including phenoxy) is 1. The molecule has 0 atom stereocenters. The smallest absolute Gasteiger partial charge is 0.341 e. The first kappa shape index (κ1) is 20.7. The summed E-state index contributed by atoms with van der Waals surface area (Å²) in [6.45, 7) is 3.96. The van der Waals surface area contributed by atoms with Gasteiger partial charge < -0.3 is 10.1 Å². The largest absolute Gasteiger partial charge is 0.462 e. The Morgan fingerprint density at radius 3 is 2.50 bits per heavy atom. The highest BCUT2D eigenvalue weighted by molar-refractivity contribution is 7.17. The van der Waals surface area contributed by atoms with Crippen molar-refractivity contribution in [3.05, 3.63) is 39.7 Å². The Balaban J connectivity index is 1.89. The highest BCUT2D eigenvalue weighted by Crippen LogP contribution is 2.40. The maximum absolute atomic E-state index is 12.7. The zero-order valence-corrected chi connectivity index (χ0v) is 17.7. The van der Waals surface area contributed by atoms with E-state index in [-0.39, 0.29) is 18.7 Å². The molecule has 0 aliphatic heterocycles. The van der Waals surface area contributed by atoms with Gasteiger partial charge in [-0.2, -0.15) is 0 Å². The molecule has 150 valence electrons. The number of benzene rings is 1. The first-order chi connectivity index (χ1) is 13.5. The number of thiophene rings is 1. The summed E-state index contributed by atoms with van der Waals surface area (Å²) in [6, 6.07) is 7.22. The van der Waals surface area contributed by atoms with Crippen LogP contribution in [0.25, 0.3) is 11.1 Å². The van der Waals surface area contributed by atoms with Gasteiger partial charge in [-0.15, -0.1) is 11.3 Å². The number of carbonyl (C=O) groups excluding carboxylic acids is 2. The summed E-state index contributed by atoms with van der Waals surface area (Å²) in [5.74, 6) is -0.440. The van der Waals surface area contributed by atoms with E-state index in [4.69, 9.17) is 16.3 Å². The minimum atomic E-state index is -0.440. The van der Waals surface area contributed by atoms with E-state index < -0.39 is 5.97 Å². The molecule has 0 bridgehead atoms. The van der Waals surface area contributed by atoms with Crippen molar-refractivity contribution in [3.63, 3.8) is 0 Å². The van der Waals surface area contributed by atoms with Gasteiger partial charge in [0.15, 0.2) is 0 Å². The lowest BCUT2D eigenvalue weighted by molar-refractivity contribution is 0.0529. The van der Waals surface area contributed by atoms with Gasteiger partial charge in [0.25, 0.3) is 0 Å². The van der Waals surface area contributed by atoms with E-state index in [2.05, 4.69) is 10.6 Å². The van der Waals surface area contributed by atoms with Crippen LogP contribution in [0.4, 0.5) is 9.80 Å². The summed E-state index contributed by atoms with van der Waals surface area (Å²) in [4.78, 5) is 26.2. The Labute approximate surface area is 174 Å². The van der Waals surface area contributed by atoms with Crippen molar-refractivity contribution in [1.82, 2.24) is 5.32 Å². The molecule has 1 aromatic carbocycles. The van der Waals surface area contributed by atoms with Crippen molar-refractivity contribution in [2.45, 2.75) is 52.0 Å². The minimum absolute atomic E-state index is 0.191. The van der Waals surface area contributed by atoms with Crippen LogP contribution in [-0.2, 0) is 4.74 Å². The van der Waals surface area contributed by atoms with Gasteiger partial charge in [0.2, 0.25) is 0 Å². The third-order valence-electron chi connectivity index (χ3n) is 4.86. The van der Waals surface area contributed by atoms with E-state index >= 15 is 0 Å². The van der Waals surface area contributed by atoms with Crippen molar-refractivity contribution in [2.75, 3.05) is 11.9 Å². The van der Waals surface area contributed by atoms with E-state index in [1.165, 1.54) is 17.8 Å². The van der Waals surface area contributed by atoms with E-state index in [1.54, 1.807) is 19.1 Å². The van der Waals surface area contributed by atoms with Crippen molar-refractivity contribution in [3.8, 4) is 11.1 Å². The summed E-state index contributed by atoms with van der Waals surface area (Å²) in [5, 5.41) is 7.04. The van der Waals surface area contributed by atoms with Crippen LogP contribution in [0.1, 0.15) is 54.3 Å². The fraction of sp³-hybridized carbons (Fsp3) is 0.429. The fourth-order valence-electron chi connectivity index (χ4n) is 3.57. The minimum Gasteiger partial charge on any atom is -0.462 e. The lowest BCUT2D eigenvalue weighted by Gasteiger charge is -2.22. The first-order valence-corrected chi connectivity index (χ1v) is 10.8. The van der Waals surface area contributed by atoms with Gasteiger partial charge in [-0.25, -0.2) is 9.59 Å². The summed E-state index contributed by atoms with van der Waals surface area (Å²) >= 11 is 7.38. The number of hydrogen-bond donors (Lipinski definition) is 2. The molecule has 2 aromatic rings. The van der Waals surface area contributed by atoms with Gasteiger partial charge >= 0.3 is 12.0 Å². The molecule has 2 amide bonds. The molecular weight excluding hydrogens is 396 g/mol. The number of aryl methyl sites for hydroxylation is 1. The highest BCUT2D eigenvalue weighted by Gasteiger charge is 2.26. The summed E-state index contributed by atoms with van der Waals surface area (Å²) in [5.41, 5.74) is 2.03. The predicted octanol–water partition coefficient (Wildman–Crippen LogP) is 6.01. The number of amides is 2. The molecule has 1 aromatic heterocycles. The Morgan fingerprint density at radius 1 is 1.18 bits per heavy atom. The molecule has 1 aliphatic rings. The van der Waals surface area contributed by atoms with E-state index in [9.17, 15) is 9.59 Å². The molecule has 3 rings (SSSR count). The van der Waals surface area contributed by atoms with Crippen LogP contribution in [0, 0.1) is 6.92 Å². The normalized spacial score (nSPS) is 14.5. The average Bonchev–Trinajstić information content (AvgIpc) is 2.99. The number of hydrogen-bond acceptors (Lipinski definition) is 4. The van der Waals surface area contributed by atoms with Crippen LogP contribution in [-0.4, -0.2) is 24.6 Å². The molecule has 0 saturated heterocycles. The molecule has 0 radical (unpaired) electrons. The highest BCUT2D eigenvalue weighted by atomic mass is 35.5. The van der Waals surface area contributed by atoms with Gasteiger partial charge in [0.05, 0.1) is 6.61 Å². The molecule has 1 aliphatic carbocycles. The van der Waals surface area contributed by atoms with Gasteiger partial charge in [0.1, 0.15) is 10.6 Å². The zero-order chi connectivity index (χ0) is 20.1. The van der Waals surface area contributed by atoms with E-state index in [0.29, 0.717) is 15.6 Å². The lowest BCUT2D eigenvalue weighted by atomic mass is 9.96. The molecule has 28 heavy (non-hydrogen) atoms. The summed E-state index contributed by atoms with van der Waals surface area (Å²) < 4.78 is 5.27. The molecule has 5 nitrogen and oxygen atoms in total. The summed E-state index contributed by atoms with van der Waals surface area (Å²) in [6.07, 6.45) is 5.49. The van der Waals surface area contributed by atoms with Gasteiger partial charge in [-0.1, -0.05) is 43.0 Å². The number of nitrogens with one attached hydrogen (secondary N) is 2. The predicted molar refractivity (Wildman–Crippen MR) is 114 cm³/mol. The molecule has 7 heteroatoms. The number of halogens is 1. The number of carbonyl (C=O) groups is 2. The van der Waals surface area contributed by atoms with Gasteiger partial charge in [-0.05, 0) is 44.4 Å². The van der Waals surface area contributed by atoms with Crippen molar-refractivity contribution < 1.29 is 14.3 Å². The molecule has 0 spiro atoms. The maximum atomic E-state index is 12.7. The molecule has 1 saturated carbocycles. The Morgan fingerprint density at radius 2 is 1.86 bits per heavy atom. The first-order valence-electron chi connectivity index (χ1n) is 9.63. The van der Waals surface area contributed by atoms with Crippen molar-refractivity contribution >= 4 is 39.9 Å². The van der Waals surface area contributed by atoms with Crippen LogP contribution < -0.4 is 10.6 Å². The second-order valence-corrected chi connectivity index (χ2v) is 8.56. The summed E-state index contributed by atoms with van der Waals surface area (Å²) in [7, 11) is 0. The second kappa shape index (κ2) is 9.43. The van der Waals surface area contributed by atoms with Crippen molar-refractivity contribution in [1.29, 1.82) is 0 Å². The Hall–Kier alpha value is -2.05. The zero-order valence-electron chi connectivity index (χ0n) is 16.1. The van der Waals surface area contributed by atoms with E-state index in [0.717, 1.165) is 41.7 Å². The fourth-order valence-corrected chi connectivity index (χ4v) is 4.75. The molecule has 2 N–H and O–H groups in total. The van der Waals surface area contributed by atoms with Crippen LogP contribution in [0.2, 0.25) is 5.02 Å². The van der Waals surface area contributed by atoms with Gasteiger partial charge in [-0.3, -0.25) is 5.32 Å². The Kier molecular flexibility index (Phi) is 6.97. The number of anilines is 1. The Bertz CT molecular complexity index is 842. The molecule has 0 unspecified atom stereocenters. The van der Waals surface area contributed by atoms with Crippen LogP contribution in [0.15, 0.2) is 24.3 Å². The lowest BCUT2D eigenvalue weighted by Crippen LogP contribution is -2.39. The second-order valence-electron chi connectivity index (χ2n) is 6.90. The topological polar surface area (TPSA) is 67.4 Å².